The fraction of sp³-hybridized carbons (Fsp3) is 0.405. The van der Waals surface area contributed by atoms with Gasteiger partial charge in [0.15, 0.2) is 17.7 Å². The normalized spacial score (nSPS) is 20.4. The Hall–Kier alpha value is -5.14. The van der Waals surface area contributed by atoms with Crippen LogP contribution in [0.3, 0.4) is 0 Å². The van der Waals surface area contributed by atoms with Crippen LogP contribution in [0.4, 0.5) is 14.5 Å². The number of aromatic nitrogens is 3. The average molecular weight is 785 g/mol. The number of oxazole rings is 1. The van der Waals surface area contributed by atoms with Crippen molar-refractivity contribution in [3.05, 3.63) is 81.9 Å². The van der Waals surface area contributed by atoms with Crippen molar-refractivity contribution in [2.75, 3.05) is 32.5 Å². The predicted octanol–water partition coefficient (Wildman–Crippen LogP) is 8.31. The molecule has 2 saturated carbocycles. The van der Waals surface area contributed by atoms with Gasteiger partial charge in [-0.1, -0.05) is 35.9 Å². The molecule has 56 heavy (non-hydrogen) atoms. The van der Waals surface area contributed by atoms with Gasteiger partial charge < -0.3 is 23.9 Å². The van der Waals surface area contributed by atoms with E-state index in [0.29, 0.717) is 46.0 Å². The highest BCUT2D eigenvalue weighted by Gasteiger charge is 2.57. The monoisotopic (exact) mass is 784 g/mol. The number of alkyl halides is 2. The number of benzene rings is 3. The van der Waals surface area contributed by atoms with E-state index in [9.17, 15) is 23.2 Å². The summed E-state index contributed by atoms with van der Waals surface area (Å²) in [5, 5.41) is 3.32. The maximum atomic E-state index is 13.8. The van der Waals surface area contributed by atoms with Gasteiger partial charge in [-0.15, -0.1) is 0 Å². The second-order valence-electron chi connectivity index (χ2n) is 15.8. The molecule has 3 heterocycles. The van der Waals surface area contributed by atoms with Gasteiger partial charge in [0.25, 0.3) is 5.91 Å². The lowest BCUT2D eigenvalue weighted by Gasteiger charge is -2.32. The van der Waals surface area contributed by atoms with E-state index in [1.807, 2.05) is 63.0 Å². The topological polar surface area (TPSA) is 123 Å². The lowest BCUT2D eigenvalue weighted by molar-refractivity contribution is -0.139. The highest BCUT2D eigenvalue weighted by molar-refractivity contribution is 6.36. The summed E-state index contributed by atoms with van der Waals surface area (Å²) >= 11 is 7.00. The number of ether oxygens (including phenoxy) is 1. The Morgan fingerprint density at radius 2 is 1.80 bits per heavy atom. The summed E-state index contributed by atoms with van der Waals surface area (Å²) in [5.74, 6) is 0.146. The van der Waals surface area contributed by atoms with Crippen molar-refractivity contribution >= 4 is 46.5 Å². The predicted molar refractivity (Wildman–Crippen MR) is 208 cm³/mol. The Labute approximate surface area is 328 Å². The maximum Gasteiger partial charge on any atom is 0.387 e. The van der Waals surface area contributed by atoms with Crippen LogP contribution in [0.5, 0.6) is 5.75 Å². The number of aldehydes is 1. The van der Waals surface area contributed by atoms with Crippen molar-refractivity contribution in [3.63, 3.8) is 0 Å². The zero-order chi connectivity index (χ0) is 39.5. The van der Waals surface area contributed by atoms with Gasteiger partial charge >= 0.3 is 6.61 Å². The largest absolute Gasteiger partial charge is 0.436 e. The number of amides is 2. The van der Waals surface area contributed by atoms with Crippen LogP contribution in [0.25, 0.3) is 33.7 Å². The number of anilines is 1. The van der Waals surface area contributed by atoms with Gasteiger partial charge in [0, 0.05) is 69.0 Å². The van der Waals surface area contributed by atoms with Crippen LogP contribution in [-0.2, 0) is 24.8 Å². The molecule has 0 saturated heterocycles. The molecule has 2 aromatic heterocycles. The molecule has 0 atom stereocenters. The molecular formula is C42H43ClF2N6O5. The fourth-order valence-corrected chi connectivity index (χ4v) is 9.63. The third kappa shape index (κ3) is 6.64. The molecule has 14 heteroatoms. The zero-order valence-corrected chi connectivity index (χ0v) is 32.5. The molecule has 11 nitrogen and oxygen atoms in total. The SMILES string of the molecule is Cc1c(-c2nc3cc(C=O)c(OC(F)F)cc3o2)cccc1-c1cccc(NC(=O)c2nc3c(n2C)CCN(CCC24CCC(C(=O)N(C)C)(CC2)C4)C3)c1Cl. The average Bonchev–Trinajstić information content (AvgIpc) is 3.95. The molecular weight excluding hydrogens is 742 g/mol. The van der Waals surface area contributed by atoms with Gasteiger partial charge in [0.1, 0.15) is 11.3 Å². The molecule has 3 aliphatic rings. The highest BCUT2D eigenvalue weighted by Crippen LogP contribution is 2.63. The molecule has 0 unspecified atom stereocenters. The van der Waals surface area contributed by atoms with Gasteiger partial charge in [-0.25, -0.2) is 9.97 Å². The van der Waals surface area contributed by atoms with E-state index in [1.54, 1.807) is 11.0 Å². The zero-order valence-electron chi connectivity index (χ0n) is 31.8. The Kier molecular flexibility index (Phi) is 9.72. The van der Waals surface area contributed by atoms with Crippen molar-refractivity contribution < 1.29 is 32.3 Å². The summed E-state index contributed by atoms with van der Waals surface area (Å²) in [6.07, 6.45) is 7.48. The Morgan fingerprint density at radius 1 is 1.07 bits per heavy atom. The van der Waals surface area contributed by atoms with Crippen LogP contribution < -0.4 is 10.1 Å². The Balaban J connectivity index is 0.974. The molecule has 0 radical (unpaired) electrons. The van der Waals surface area contributed by atoms with Crippen LogP contribution in [0.2, 0.25) is 5.02 Å². The minimum atomic E-state index is -3.11. The quantitative estimate of drug-likeness (QED) is 0.133. The smallest absolute Gasteiger partial charge is 0.387 e. The number of hydrogen-bond donors (Lipinski definition) is 1. The van der Waals surface area contributed by atoms with E-state index in [1.165, 1.54) is 12.1 Å². The van der Waals surface area contributed by atoms with Crippen molar-refractivity contribution in [3.8, 4) is 28.3 Å². The Bertz CT molecular complexity index is 2380. The lowest BCUT2D eigenvalue weighted by Crippen LogP contribution is -2.37. The van der Waals surface area contributed by atoms with Gasteiger partial charge in [-0.05, 0) is 86.7 Å². The van der Waals surface area contributed by atoms with Gasteiger partial charge in [0.2, 0.25) is 11.8 Å². The van der Waals surface area contributed by atoms with Gasteiger partial charge in [-0.3, -0.25) is 19.3 Å². The third-order valence-corrected chi connectivity index (χ3v) is 12.7. The summed E-state index contributed by atoms with van der Waals surface area (Å²) < 4.78 is 38.2. The molecule has 1 aliphatic heterocycles. The van der Waals surface area contributed by atoms with Crippen molar-refractivity contribution in [2.45, 2.75) is 65.0 Å². The number of nitrogens with one attached hydrogen (secondary N) is 1. The summed E-state index contributed by atoms with van der Waals surface area (Å²) in [6.45, 7) is 1.27. The number of carbonyl (C=O) groups is 3. The number of carbonyl (C=O) groups excluding carboxylic acids is 3. The molecule has 2 fully saturated rings. The van der Waals surface area contributed by atoms with Crippen LogP contribution in [0.1, 0.15) is 76.5 Å². The third-order valence-electron chi connectivity index (χ3n) is 12.3. The minimum Gasteiger partial charge on any atom is -0.436 e. The van der Waals surface area contributed by atoms with E-state index in [-0.39, 0.29) is 45.4 Å². The lowest BCUT2D eigenvalue weighted by atomic mass is 9.79. The molecule has 2 bridgehead atoms. The number of halogens is 3. The molecule has 1 N–H and O–H groups in total. The molecule has 5 aromatic rings. The highest BCUT2D eigenvalue weighted by atomic mass is 35.5. The van der Waals surface area contributed by atoms with Crippen molar-refractivity contribution in [2.24, 2.45) is 17.9 Å². The van der Waals surface area contributed by atoms with Crippen LogP contribution in [-0.4, -0.2) is 76.2 Å². The van der Waals surface area contributed by atoms with Crippen LogP contribution in [0, 0.1) is 17.8 Å². The van der Waals surface area contributed by atoms with Crippen molar-refractivity contribution in [1.29, 1.82) is 0 Å². The molecule has 2 amide bonds. The number of imidazole rings is 1. The fourth-order valence-electron chi connectivity index (χ4n) is 9.35. The summed E-state index contributed by atoms with van der Waals surface area (Å²) in [5.41, 5.74) is 5.68. The van der Waals surface area contributed by atoms with E-state index in [4.69, 9.17) is 21.0 Å². The first-order valence-corrected chi connectivity index (χ1v) is 19.2. The number of hydrogen-bond acceptors (Lipinski definition) is 8. The van der Waals surface area contributed by atoms with E-state index in [2.05, 4.69) is 19.9 Å². The molecule has 0 spiro atoms. The first-order chi connectivity index (χ1) is 26.8. The first kappa shape index (κ1) is 37.8. The molecule has 292 valence electrons. The van der Waals surface area contributed by atoms with Crippen LogP contribution in [0.15, 0.2) is 52.9 Å². The second-order valence-corrected chi connectivity index (χ2v) is 16.2. The standard InChI is InChI=1S/C42H43ClF2N6O5/c1-24-26(7-5-8-27(24)38-48-30-19-25(22-52)33(56-40(44)45)20-34(30)55-38)28-9-6-10-29(35(28)43)47-37(53)36-46-31-21-51(17-11-32(31)50(36)4)18-16-41-12-14-42(23-41,15-13-41)39(54)49(2)3/h5-10,19-20,22,40H,11-18,21,23H2,1-4H3,(H,47,53). The Morgan fingerprint density at radius 3 is 2.54 bits per heavy atom. The second kappa shape index (κ2) is 14.4. The van der Waals surface area contributed by atoms with Gasteiger partial charge in [0.05, 0.1) is 22.0 Å². The van der Waals surface area contributed by atoms with E-state index >= 15 is 0 Å². The molecule has 8 rings (SSSR count). The summed E-state index contributed by atoms with van der Waals surface area (Å²) in [7, 11) is 5.60. The molecule has 2 aliphatic carbocycles. The minimum absolute atomic E-state index is 0.0726. The molecule has 3 aromatic carbocycles. The van der Waals surface area contributed by atoms with Crippen LogP contribution >= 0.6 is 11.6 Å². The van der Waals surface area contributed by atoms with Crippen molar-refractivity contribution in [1.82, 2.24) is 24.3 Å². The van der Waals surface area contributed by atoms with Gasteiger partial charge in [-0.2, -0.15) is 8.78 Å². The maximum absolute atomic E-state index is 13.8. The van der Waals surface area contributed by atoms with E-state index < -0.39 is 6.61 Å². The number of fused-ring (bicyclic) bond motifs is 4. The first-order valence-electron chi connectivity index (χ1n) is 18.8. The van der Waals surface area contributed by atoms with E-state index in [0.717, 1.165) is 80.6 Å². The number of rotatable bonds is 11. The number of nitrogens with zero attached hydrogens (tertiary/aromatic N) is 5. The summed E-state index contributed by atoms with van der Waals surface area (Å²) in [6, 6.07) is 13.5. The summed E-state index contributed by atoms with van der Waals surface area (Å²) in [4.78, 5) is 51.9.